The Morgan fingerprint density at radius 1 is 1.04 bits per heavy atom. The Labute approximate surface area is 145 Å². The van der Waals surface area contributed by atoms with Crippen LogP contribution < -0.4 is 4.74 Å². The van der Waals surface area contributed by atoms with Crippen molar-refractivity contribution in [3.05, 3.63) is 71.8 Å². The minimum absolute atomic E-state index is 0.370. The second-order valence-electron chi connectivity index (χ2n) is 5.14. The van der Waals surface area contributed by atoms with Gasteiger partial charge in [-0.3, -0.25) is 4.57 Å². The number of carbonyl (C=O) groups excluding carboxylic acids is 1. The zero-order valence-electron chi connectivity index (χ0n) is 13.9. The Balaban J connectivity index is 1.99. The topological polar surface area (TPSA) is 66.2 Å². The van der Waals surface area contributed by atoms with E-state index in [1.54, 1.807) is 24.5 Å². The molecule has 0 fully saturated rings. The average Bonchev–Trinajstić information content (AvgIpc) is 3.14. The molecule has 0 aliphatic rings. The van der Waals surface area contributed by atoms with E-state index >= 15 is 0 Å². The maximum Gasteiger partial charge on any atom is 0.342 e. The van der Waals surface area contributed by atoms with Crippen molar-refractivity contribution in [2.75, 3.05) is 14.2 Å². The third-order valence-electron chi connectivity index (χ3n) is 3.69. The van der Waals surface area contributed by atoms with Gasteiger partial charge in [0.1, 0.15) is 17.6 Å². The standard InChI is InChI=1S/C19H17N3O3/c1-24-16-10-6-7-14(18(16)19(23)25-2)11-12-17-21-20-13-22(17)15-8-4-3-5-9-15/h3-13H,1-2H3. The molecule has 0 radical (unpaired) electrons. The minimum atomic E-state index is -0.457. The molecule has 126 valence electrons. The lowest BCUT2D eigenvalue weighted by molar-refractivity contribution is 0.0597. The molecule has 2 aromatic carbocycles. The van der Waals surface area contributed by atoms with Crippen LogP contribution in [0.5, 0.6) is 5.75 Å². The van der Waals surface area contributed by atoms with E-state index in [1.165, 1.54) is 14.2 Å². The van der Waals surface area contributed by atoms with Gasteiger partial charge in [-0.15, -0.1) is 10.2 Å². The van der Waals surface area contributed by atoms with Gasteiger partial charge in [0, 0.05) is 5.69 Å². The van der Waals surface area contributed by atoms with Crippen molar-refractivity contribution in [3.63, 3.8) is 0 Å². The molecule has 0 bridgehead atoms. The third-order valence-corrected chi connectivity index (χ3v) is 3.69. The highest BCUT2D eigenvalue weighted by Gasteiger charge is 2.16. The van der Waals surface area contributed by atoms with E-state index in [4.69, 9.17) is 9.47 Å². The Hall–Kier alpha value is -3.41. The van der Waals surface area contributed by atoms with Crippen molar-refractivity contribution in [3.8, 4) is 11.4 Å². The maximum absolute atomic E-state index is 12.1. The smallest absolute Gasteiger partial charge is 0.342 e. The van der Waals surface area contributed by atoms with Crippen LogP contribution in [0.2, 0.25) is 0 Å². The predicted octanol–water partition coefficient (Wildman–Crippen LogP) is 3.23. The molecule has 0 amide bonds. The van der Waals surface area contributed by atoms with Gasteiger partial charge in [-0.05, 0) is 29.8 Å². The molecular weight excluding hydrogens is 318 g/mol. The lowest BCUT2D eigenvalue weighted by Crippen LogP contribution is -2.06. The quantitative estimate of drug-likeness (QED) is 0.670. The predicted molar refractivity (Wildman–Crippen MR) is 94.6 cm³/mol. The summed E-state index contributed by atoms with van der Waals surface area (Å²) in [4.78, 5) is 12.1. The van der Waals surface area contributed by atoms with Crippen LogP contribution in [0.4, 0.5) is 0 Å². The first-order valence-corrected chi connectivity index (χ1v) is 7.63. The van der Waals surface area contributed by atoms with E-state index in [2.05, 4.69) is 10.2 Å². The van der Waals surface area contributed by atoms with Crippen LogP contribution >= 0.6 is 0 Å². The Morgan fingerprint density at radius 2 is 1.84 bits per heavy atom. The first kappa shape index (κ1) is 16.4. The molecule has 0 N–H and O–H groups in total. The van der Waals surface area contributed by atoms with E-state index in [1.807, 2.05) is 47.0 Å². The van der Waals surface area contributed by atoms with Crippen LogP contribution in [0.1, 0.15) is 21.7 Å². The summed E-state index contributed by atoms with van der Waals surface area (Å²) in [6.07, 6.45) is 5.22. The summed E-state index contributed by atoms with van der Waals surface area (Å²) in [5, 5.41) is 8.09. The molecule has 0 saturated carbocycles. The normalized spacial score (nSPS) is 10.8. The summed E-state index contributed by atoms with van der Waals surface area (Å²) in [6, 6.07) is 15.1. The molecule has 1 aromatic heterocycles. The zero-order chi connectivity index (χ0) is 17.6. The van der Waals surface area contributed by atoms with Crippen molar-refractivity contribution in [1.82, 2.24) is 14.8 Å². The van der Waals surface area contributed by atoms with Gasteiger partial charge in [-0.2, -0.15) is 0 Å². The number of hydrogen-bond acceptors (Lipinski definition) is 5. The molecule has 1 heterocycles. The fourth-order valence-electron chi connectivity index (χ4n) is 2.49. The fourth-order valence-corrected chi connectivity index (χ4v) is 2.49. The number of aromatic nitrogens is 3. The lowest BCUT2D eigenvalue weighted by atomic mass is 10.1. The lowest BCUT2D eigenvalue weighted by Gasteiger charge is -2.09. The zero-order valence-corrected chi connectivity index (χ0v) is 13.9. The summed E-state index contributed by atoms with van der Waals surface area (Å²) in [5.74, 6) is 0.644. The monoisotopic (exact) mass is 335 g/mol. The molecule has 6 heteroatoms. The minimum Gasteiger partial charge on any atom is -0.496 e. The highest BCUT2D eigenvalue weighted by molar-refractivity contribution is 5.97. The number of rotatable bonds is 5. The number of methoxy groups -OCH3 is 2. The van der Waals surface area contributed by atoms with Gasteiger partial charge < -0.3 is 9.47 Å². The fraction of sp³-hybridized carbons (Fsp3) is 0.105. The van der Waals surface area contributed by atoms with Crippen molar-refractivity contribution in [2.45, 2.75) is 0 Å². The van der Waals surface area contributed by atoms with Gasteiger partial charge in [0.25, 0.3) is 0 Å². The van der Waals surface area contributed by atoms with Crippen LogP contribution in [0, 0.1) is 0 Å². The number of esters is 1. The van der Waals surface area contributed by atoms with Crippen molar-refractivity contribution in [2.24, 2.45) is 0 Å². The molecule has 3 rings (SSSR count). The van der Waals surface area contributed by atoms with Crippen LogP contribution in [-0.2, 0) is 4.74 Å². The Morgan fingerprint density at radius 3 is 2.56 bits per heavy atom. The van der Waals surface area contributed by atoms with Gasteiger partial charge in [0.2, 0.25) is 0 Å². The molecule has 0 saturated heterocycles. The first-order chi connectivity index (χ1) is 12.2. The molecule has 6 nitrogen and oxygen atoms in total. The van der Waals surface area contributed by atoms with Crippen LogP contribution in [0.3, 0.4) is 0 Å². The molecule has 3 aromatic rings. The van der Waals surface area contributed by atoms with Gasteiger partial charge in [0.15, 0.2) is 5.82 Å². The van der Waals surface area contributed by atoms with Crippen molar-refractivity contribution in [1.29, 1.82) is 0 Å². The number of carbonyl (C=O) groups is 1. The second kappa shape index (κ2) is 7.44. The molecule has 0 aliphatic heterocycles. The Bertz CT molecular complexity index is 901. The molecule has 0 atom stereocenters. The van der Waals surface area contributed by atoms with Gasteiger partial charge in [-0.1, -0.05) is 36.4 Å². The Kier molecular flexibility index (Phi) is 4.89. The molecule has 0 spiro atoms. The van der Waals surface area contributed by atoms with E-state index < -0.39 is 5.97 Å². The van der Waals surface area contributed by atoms with Crippen molar-refractivity contribution >= 4 is 18.1 Å². The van der Waals surface area contributed by atoms with E-state index in [0.29, 0.717) is 22.7 Å². The van der Waals surface area contributed by atoms with E-state index in [-0.39, 0.29) is 0 Å². The highest BCUT2D eigenvalue weighted by atomic mass is 16.5. The highest BCUT2D eigenvalue weighted by Crippen LogP contribution is 2.25. The largest absolute Gasteiger partial charge is 0.496 e. The summed E-state index contributed by atoms with van der Waals surface area (Å²) in [6.45, 7) is 0. The molecule has 0 unspecified atom stereocenters. The number of nitrogens with zero attached hydrogens (tertiary/aromatic N) is 3. The number of ether oxygens (including phenoxy) is 2. The van der Waals surface area contributed by atoms with Crippen LogP contribution in [0.15, 0.2) is 54.9 Å². The van der Waals surface area contributed by atoms with Crippen molar-refractivity contribution < 1.29 is 14.3 Å². The van der Waals surface area contributed by atoms with Gasteiger partial charge in [0.05, 0.1) is 14.2 Å². The maximum atomic E-state index is 12.1. The van der Waals surface area contributed by atoms with Crippen LogP contribution in [-0.4, -0.2) is 35.0 Å². The molecule has 25 heavy (non-hydrogen) atoms. The first-order valence-electron chi connectivity index (χ1n) is 7.63. The molecular formula is C19H17N3O3. The van der Waals surface area contributed by atoms with Gasteiger partial charge in [-0.25, -0.2) is 4.79 Å². The number of hydrogen-bond donors (Lipinski definition) is 0. The SMILES string of the molecule is COC(=O)c1c(C=Cc2nncn2-c2ccccc2)cccc1OC. The summed E-state index contributed by atoms with van der Waals surface area (Å²) < 4.78 is 12.0. The number of para-hydroxylation sites is 1. The third kappa shape index (κ3) is 3.42. The summed E-state index contributed by atoms with van der Waals surface area (Å²) in [7, 11) is 2.86. The average molecular weight is 335 g/mol. The second-order valence-corrected chi connectivity index (χ2v) is 5.14. The summed E-state index contributed by atoms with van der Waals surface area (Å²) in [5.41, 5.74) is 1.99. The molecule has 0 aliphatic carbocycles. The van der Waals surface area contributed by atoms with E-state index in [0.717, 1.165) is 5.69 Å². The van der Waals surface area contributed by atoms with Crippen LogP contribution in [0.25, 0.3) is 17.8 Å². The summed E-state index contributed by atoms with van der Waals surface area (Å²) >= 11 is 0. The van der Waals surface area contributed by atoms with Gasteiger partial charge >= 0.3 is 5.97 Å². The van der Waals surface area contributed by atoms with E-state index in [9.17, 15) is 4.79 Å². The number of benzene rings is 2.